The van der Waals surface area contributed by atoms with Gasteiger partial charge in [-0.15, -0.1) is 0 Å². The van der Waals surface area contributed by atoms with Gasteiger partial charge in [0.1, 0.15) is 11.8 Å². The molecule has 1 aromatic carbocycles. The van der Waals surface area contributed by atoms with E-state index in [0.29, 0.717) is 0 Å². The lowest BCUT2D eigenvalue weighted by atomic mass is 10.1. The van der Waals surface area contributed by atoms with E-state index in [2.05, 4.69) is 5.32 Å². The standard InChI is InChI=1S/C19H29NO5/c1-13-6-7-14(2)16(12-13)24-10-9-17(21)20-15(18(22)23)8-11-25-19(3,4)5/h6-7,12,15H,8-11H2,1-5H3,(H,20,21)(H,22,23). The minimum Gasteiger partial charge on any atom is -0.493 e. The van der Waals surface area contributed by atoms with Gasteiger partial charge < -0.3 is 19.9 Å². The van der Waals surface area contributed by atoms with Gasteiger partial charge in [-0.05, 0) is 51.8 Å². The highest BCUT2D eigenvalue weighted by Crippen LogP contribution is 2.19. The summed E-state index contributed by atoms with van der Waals surface area (Å²) in [5, 5.41) is 11.7. The van der Waals surface area contributed by atoms with Crippen LogP contribution in [0.4, 0.5) is 0 Å². The number of nitrogens with one attached hydrogen (secondary N) is 1. The minimum atomic E-state index is -1.07. The molecule has 0 aliphatic heterocycles. The van der Waals surface area contributed by atoms with Crippen molar-refractivity contribution < 1.29 is 24.2 Å². The van der Waals surface area contributed by atoms with Crippen molar-refractivity contribution in [2.75, 3.05) is 13.2 Å². The number of aryl methyl sites for hydroxylation is 2. The zero-order valence-corrected chi connectivity index (χ0v) is 15.7. The summed E-state index contributed by atoms with van der Waals surface area (Å²) in [7, 11) is 0. The molecule has 25 heavy (non-hydrogen) atoms. The minimum absolute atomic E-state index is 0.0945. The lowest BCUT2D eigenvalue weighted by Crippen LogP contribution is -2.42. The lowest BCUT2D eigenvalue weighted by molar-refractivity contribution is -0.142. The number of carboxylic acids is 1. The highest BCUT2D eigenvalue weighted by atomic mass is 16.5. The Morgan fingerprint density at radius 1 is 1.20 bits per heavy atom. The van der Waals surface area contributed by atoms with Crippen LogP contribution in [0.25, 0.3) is 0 Å². The first-order valence-electron chi connectivity index (χ1n) is 8.44. The average molecular weight is 351 g/mol. The number of rotatable bonds is 9. The highest BCUT2D eigenvalue weighted by molar-refractivity contribution is 5.83. The zero-order valence-electron chi connectivity index (χ0n) is 15.7. The van der Waals surface area contributed by atoms with Gasteiger partial charge in [-0.2, -0.15) is 0 Å². The number of carbonyl (C=O) groups is 2. The van der Waals surface area contributed by atoms with E-state index >= 15 is 0 Å². The summed E-state index contributed by atoms with van der Waals surface area (Å²) in [6.07, 6.45) is 0.313. The SMILES string of the molecule is Cc1ccc(C)c(OCCC(=O)NC(CCOC(C)(C)C)C(=O)O)c1. The number of benzene rings is 1. The molecule has 1 aromatic rings. The van der Waals surface area contributed by atoms with Gasteiger partial charge in [0.25, 0.3) is 0 Å². The fourth-order valence-corrected chi connectivity index (χ4v) is 2.12. The van der Waals surface area contributed by atoms with Gasteiger partial charge in [-0.25, -0.2) is 4.79 Å². The zero-order chi connectivity index (χ0) is 19.0. The smallest absolute Gasteiger partial charge is 0.326 e. The third-order valence-electron chi connectivity index (χ3n) is 3.51. The number of hydrogen-bond donors (Lipinski definition) is 2. The van der Waals surface area contributed by atoms with Crippen LogP contribution in [0.1, 0.15) is 44.7 Å². The molecule has 0 saturated heterocycles. The molecule has 0 bridgehead atoms. The van der Waals surface area contributed by atoms with Crippen LogP contribution in [-0.4, -0.2) is 41.8 Å². The predicted molar refractivity (Wildman–Crippen MR) is 95.9 cm³/mol. The first-order chi connectivity index (χ1) is 11.6. The number of hydrogen-bond acceptors (Lipinski definition) is 4. The molecule has 0 saturated carbocycles. The Balaban J connectivity index is 2.42. The molecular formula is C19H29NO5. The summed E-state index contributed by atoms with van der Waals surface area (Å²) in [4.78, 5) is 23.2. The second-order valence-corrected chi connectivity index (χ2v) is 7.08. The van der Waals surface area contributed by atoms with E-state index < -0.39 is 12.0 Å². The fourth-order valence-electron chi connectivity index (χ4n) is 2.12. The Morgan fingerprint density at radius 3 is 2.48 bits per heavy atom. The van der Waals surface area contributed by atoms with Crippen molar-refractivity contribution in [1.29, 1.82) is 0 Å². The molecule has 0 fully saturated rings. The van der Waals surface area contributed by atoms with Crippen LogP contribution in [0.5, 0.6) is 5.75 Å². The molecule has 0 aromatic heterocycles. The molecule has 6 nitrogen and oxygen atoms in total. The Bertz CT molecular complexity index is 592. The van der Waals surface area contributed by atoms with E-state index in [-0.39, 0.29) is 37.6 Å². The molecule has 1 rings (SSSR count). The molecule has 0 aliphatic rings. The summed E-state index contributed by atoms with van der Waals surface area (Å²) >= 11 is 0. The van der Waals surface area contributed by atoms with Gasteiger partial charge in [-0.1, -0.05) is 12.1 Å². The molecule has 0 spiro atoms. The Labute approximate surface area is 149 Å². The van der Waals surface area contributed by atoms with Crippen molar-refractivity contribution in [2.24, 2.45) is 0 Å². The second-order valence-electron chi connectivity index (χ2n) is 7.08. The summed E-state index contributed by atoms with van der Waals surface area (Å²) in [6.45, 7) is 10.0. The Morgan fingerprint density at radius 2 is 1.88 bits per heavy atom. The first-order valence-corrected chi connectivity index (χ1v) is 8.44. The molecule has 0 heterocycles. The van der Waals surface area contributed by atoms with Crippen molar-refractivity contribution in [3.8, 4) is 5.75 Å². The molecule has 1 unspecified atom stereocenters. The summed E-state index contributed by atoms with van der Waals surface area (Å²) in [5.41, 5.74) is 1.73. The summed E-state index contributed by atoms with van der Waals surface area (Å²) < 4.78 is 11.1. The van der Waals surface area contributed by atoms with Crippen LogP contribution in [0.3, 0.4) is 0 Å². The molecule has 2 N–H and O–H groups in total. The van der Waals surface area contributed by atoms with Gasteiger partial charge >= 0.3 is 5.97 Å². The summed E-state index contributed by atoms with van der Waals surface area (Å²) in [6, 6.07) is 4.90. The fraction of sp³-hybridized carbons (Fsp3) is 0.579. The number of ether oxygens (including phenoxy) is 2. The molecule has 1 atom stereocenters. The van der Waals surface area contributed by atoms with Gasteiger partial charge in [0.15, 0.2) is 0 Å². The predicted octanol–water partition coefficient (Wildman–Crippen LogP) is 2.85. The van der Waals surface area contributed by atoms with E-state index in [1.165, 1.54) is 0 Å². The maximum Gasteiger partial charge on any atom is 0.326 e. The third-order valence-corrected chi connectivity index (χ3v) is 3.51. The van der Waals surface area contributed by atoms with Crippen molar-refractivity contribution in [2.45, 2.75) is 59.1 Å². The van der Waals surface area contributed by atoms with Crippen LogP contribution >= 0.6 is 0 Å². The monoisotopic (exact) mass is 351 g/mol. The van der Waals surface area contributed by atoms with Crippen LogP contribution in [0.15, 0.2) is 18.2 Å². The lowest BCUT2D eigenvalue weighted by Gasteiger charge is -2.21. The van der Waals surface area contributed by atoms with E-state index in [9.17, 15) is 14.7 Å². The van der Waals surface area contributed by atoms with Crippen LogP contribution in [-0.2, 0) is 14.3 Å². The maximum atomic E-state index is 12.0. The van der Waals surface area contributed by atoms with Gasteiger partial charge in [0.2, 0.25) is 5.91 Å². The van der Waals surface area contributed by atoms with Crippen molar-refractivity contribution >= 4 is 11.9 Å². The molecule has 0 aliphatic carbocycles. The number of carboxylic acid groups (broad SMARTS) is 1. The van der Waals surface area contributed by atoms with Crippen LogP contribution in [0.2, 0.25) is 0 Å². The normalized spacial score (nSPS) is 12.5. The quantitative estimate of drug-likeness (QED) is 0.715. The number of amides is 1. The van der Waals surface area contributed by atoms with E-state index in [1.807, 2.05) is 52.8 Å². The second kappa shape index (κ2) is 9.42. The van der Waals surface area contributed by atoms with Crippen molar-refractivity contribution in [1.82, 2.24) is 5.32 Å². The van der Waals surface area contributed by atoms with E-state index in [1.54, 1.807) is 0 Å². The van der Waals surface area contributed by atoms with Crippen LogP contribution in [0, 0.1) is 13.8 Å². The van der Waals surface area contributed by atoms with Gasteiger partial charge in [0.05, 0.1) is 18.6 Å². The topological polar surface area (TPSA) is 84.9 Å². The van der Waals surface area contributed by atoms with Gasteiger partial charge in [-0.3, -0.25) is 4.79 Å². The van der Waals surface area contributed by atoms with E-state index in [0.717, 1.165) is 16.9 Å². The third kappa shape index (κ3) is 8.54. The number of carbonyl (C=O) groups excluding carboxylic acids is 1. The summed E-state index contributed by atoms with van der Waals surface area (Å²) in [5.74, 6) is -0.684. The molecule has 140 valence electrons. The first kappa shape index (κ1) is 21.0. The van der Waals surface area contributed by atoms with Crippen LogP contribution < -0.4 is 10.1 Å². The average Bonchev–Trinajstić information content (AvgIpc) is 2.48. The molecule has 0 radical (unpaired) electrons. The number of aliphatic carboxylic acids is 1. The largest absolute Gasteiger partial charge is 0.493 e. The maximum absolute atomic E-state index is 12.0. The highest BCUT2D eigenvalue weighted by Gasteiger charge is 2.21. The molecular weight excluding hydrogens is 322 g/mol. The molecule has 6 heteroatoms. The van der Waals surface area contributed by atoms with Gasteiger partial charge in [0, 0.05) is 13.0 Å². The van der Waals surface area contributed by atoms with Crippen molar-refractivity contribution in [3.63, 3.8) is 0 Å². The van der Waals surface area contributed by atoms with Crippen molar-refractivity contribution in [3.05, 3.63) is 29.3 Å². The molecule has 1 amide bonds. The Hall–Kier alpha value is -2.08. The van der Waals surface area contributed by atoms with E-state index in [4.69, 9.17) is 9.47 Å². The Kier molecular flexibility index (Phi) is 7.90.